The molecule has 356 valence electrons. The Morgan fingerprint density at radius 1 is 0.350 bits per heavy atom. The minimum atomic E-state index is -0.762. The van der Waals surface area contributed by atoms with Gasteiger partial charge in [-0.15, -0.1) is 0 Å². The van der Waals surface area contributed by atoms with Crippen molar-refractivity contribution in [1.29, 1.82) is 0 Å². The highest BCUT2D eigenvalue weighted by molar-refractivity contribution is 5.71. The fraction of sp³-hybridized carbons (Fsp3) is 0.944. The van der Waals surface area contributed by atoms with Crippen molar-refractivity contribution in [2.24, 2.45) is 11.8 Å². The predicted octanol–water partition coefficient (Wildman–Crippen LogP) is 17.3. The summed E-state index contributed by atoms with van der Waals surface area (Å²) >= 11 is 0. The molecule has 0 saturated carbocycles. The first-order chi connectivity index (χ1) is 29.3. The number of carbonyl (C=O) groups excluding carboxylic acids is 3. The first-order valence-electron chi connectivity index (χ1n) is 26.8. The second-order valence-corrected chi connectivity index (χ2v) is 19.2. The van der Waals surface area contributed by atoms with E-state index in [1.54, 1.807) is 0 Å². The molecular weight excluding hydrogens is 745 g/mol. The molecule has 0 aliphatic heterocycles. The third-order valence-corrected chi connectivity index (χ3v) is 12.6. The van der Waals surface area contributed by atoms with Crippen LogP contribution in [0.3, 0.4) is 0 Å². The highest BCUT2D eigenvalue weighted by atomic mass is 16.6. The summed E-state index contributed by atoms with van der Waals surface area (Å²) < 4.78 is 16.8. The molecule has 0 fully saturated rings. The van der Waals surface area contributed by atoms with E-state index in [2.05, 4.69) is 34.6 Å². The van der Waals surface area contributed by atoms with Gasteiger partial charge in [-0.1, -0.05) is 259 Å². The normalized spacial score (nSPS) is 12.5. The molecule has 0 rings (SSSR count). The van der Waals surface area contributed by atoms with Crippen molar-refractivity contribution in [2.75, 3.05) is 13.2 Å². The van der Waals surface area contributed by atoms with Crippen LogP contribution in [0.2, 0.25) is 0 Å². The van der Waals surface area contributed by atoms with Crippen LogP contribution in [0.15, 0.2) is 0 Å². The summed E-state index contributed by atoms with van der Waals surface area (Å²) in [4.78, 5) is 38.0. The van der Waals surface area contributed by atoms with Gasteiger partial charge >= 0.3 is 17.9 Å². The standard InChI is InChI=1S/C54H104O6/c1-6-8-9-10-11-12-13-16-20-23-29-34-39-44-52(55)58-47-51(48-59-53(56)45-40-35-30-26-25-27-32-37-42-49(3)4)60-54(57)46-41-36-31-24-21-18-15-14-17-19-22-28-33-38-43-50(5)7-2/h49-51H,6-48H2,1-5H3/t50?,51-/m1/s1. The minimum absolute atomic E-state index is 0.0636. The van der Waals surface area contributed by atoms with Crippen molar-refractivity contribution in [1.82, 2.24) is 0 Å². The molecule has 0 saturated heterocycles. The van der Waals surface area contributed by atoms with Gasteiger partial charge in [-0.2, -0.15) is 0 Å². The first kappa shape index (κ1) is 58.4. The summed E-state index contributed by atoms with van der Waals surface area (Å²) in [5.41, 5.74) is 0. The van der Waals surface area contributed by atoms with Crippen molar-refractivity contribution in [3.8, 4) is 0 Å². The lowest BCUT2D eigenvalue weighted by molar-refractivity contribution is -0.167. The largest absolute Gasteiger partial charge is 0.462 e. The van der Waals surface area contributed by atoms with Gasteiger partial charge in [-0.25, -0.2) is 0 Å². The average Bonchev–Trinajstić information content (AvgIpc) is 3.23. The molecule has 0 aromatic heterocycles. The molecule has 0 radical (unpaired) electrons. The van der Waals surface area contributed by atoms with Gasteiger partial charge in [0.1, 0.15) is 13.2 Å². The van der Waals surface area contributed by atoms with Crippen molar-refractivity contribution in [3.63, 3.8) is 0 Å². The summed E-state index contributed by atoms with van der Waals surface area (Å²) in [7, 11) is 0. The van der Waals surface area contributed by atoms with E-state index >= 15 is 0 Å². The molecule has 0 heterocycles. The molecule has 0 aromatic carbocycles. The van der Waals surface area contributed by atoms with Crippen LogP contribution in [0, 0.1) is 11.8 Å². The predicted molar refractivity (Wildman–Crippen MR) is 256 cm³/mol. The number of carbonyl (C=O) groups is 3. The Morgan fingerprint density at radius 3 is 0.950 bits per heavy atom. The van der Waals surface area contributed by atoms with Gasteiger partial charge in [0.15, 0.2) is 6.10 Å². The van der Waals surface area contributed by atoms with E-state index in [4.69, 9.17) is 14.2 Å². The number of hydrogen-bond donors (Lipinski definition) is 0. The van der Waals surface area contributed by atoms with E-state index in [1.807, 2.05) is 0 Å². The number of esters is 3. The molecular formula is C54H104O6. The maximum absolute atomic E-state index is 12.8. The van der Waals surface area contributed by atoms with E-state index in [-0.39, 0.29) is 31.1 Å². The zero-order chi connectivity index (χ0) is 44.0. The third-order valence-electron chi connectivity index (χ3n) is 12.6. The number of ether oxygens (including phenoxy) is 3. The van der Waals surface area contributed by atoms with Gasteiger partial charge in [-0.3, -0.25) is 14.4 Å². The van der Waals surface area contributed by atoms with Crippen LogP contribution in [0.25, 0.3) is 0 Å². The fourth-order valence-electron chi connectivity index (χ4n) is 8.13. The maximum Gasteiger partial charge on any atom is 0.306 e. The topological polar surface area (TPSA) is 78.9 Å². The Labute approximate surface area is 374 Å². The van der Waals surface area contributed by atoms with Crippen molar-refractivity contribution in [3.05, 3.63) is 0 Å². The highest BCUT2D eigenvalue weighted by Gasteiger charge is 2.19. The van der Waals surface area contributed by atoms with Gasteiger partial charge in [0.05, 0.1) is 0 Å². The van der Waals surface area contributed by atoms with Gasteiger partial charge in [-0.05, 0) is 31.1 Å². The van der Waals surface area contributed by atoms with Crippen molar-refractivity contribution >= 4 is 17.9 Å². The Balaban J connectivity index is 4.29. The molecule has 0 aliphatic rings. The van der Waals surface area contributed by atoms with E-state index in [0.717, 1.165) is 69.6 Å². The molecule has 0 amide bonds. The van der Waals surface area contributed by atoms with E-state index in [1.165, 1.54) is 186 Å². The summed E-state index contributed by atoms with van der Waals surface area (Å²) in [6.07, 6.45) is 48.0. The minimum Gasteiger partial charge on any atom is -0.462 e. The lowest BCUT2D eigenvalue weighted by Gasteiger charge is -2.18. The monoisotopic (exact) mass is 849 g/mol. The van der Waals surface area contributed by atoms with Gasteiger partial charge in [0.2, 0.25) is 0 Å². The summed E-state index contributed by atoms with van der Waals surface area (Å²) in [6, 6.07) is 0. The molecule has 0 aliphatic carbocycles. The summed E-state index contributed by atoms with van der Waals surface area (Å²) in [6.45, 7) is 11.4. The lowest BCUT2D eigenvalue weighted by Crippen LogP contribution is -2.30. The smallest absolute Gasteiger partial charge is 0.306 e. The lowest BCUT2D eigenvalue weighted by atomic mass is 9.99. The van der Waals surface area contributed by atoms with E-state index in [0.29, 0.717) is 19.3 Å². The zero-order valence-electron chi connectivity index (χ0n) is 41.1. The molecule has 2 atom stereocenters. The molecule has 1 unspecified atom stereocenters. The van der Waals surface area contributed by atoms with Crippen LogP contribution in [-0.2, 0) is 28.6 Å². The Bertz CT molecular complexity index is 918. The van der Waals surface area contributed by atoms with Crippen molar-refractivity contribution in [2.45, 2.75) is 304 Å². The molecule has 6 nitrogen and oxygen atoms in total. The SMILES string of the molecule is CCCCCCCCCCCCCCCC(=O)OC[C@H](COC(=O)CCCCCCCCCCC(C)C)OC(=O)CCCCCCCCCCCCCCCCC(C)CC. The second-order valence-electron chi connectivity index (χ2n) is 19.2. The summed E-state index contributed by atoms with van der Waals surface area (Å²) in [5, 5.41) is 0. The Hall–Kier alpha value is -1.59. The molecule has 6 heteroatoms. The molecule has 0 aromatic rings. The van der Waals surface area contributed by atoms with E-state index < -0.39 is 6.10 Å². The molecule has 0 bridgehead atoms. The van der Waals surface area contributed by atoms with Crippen LogP contribution in [0.5, 0.6) is 0 Å². The van der Waals surface area contributed by atoms with Gasteiger partial charge in [0.25, 0.3) is 0 Å². The first-order valence-corrected chi connectivity index (χ1v) is 26.8. The van der Waals surface area contributed by atoms with Crippen LogP contribution in [0.4, 0.5) is 0 Å². The highest BCUT2D eigenvalue weighted by Crippen LogP contribution is 2.18. The third kappa shape index (κ3) is 45.9. The van der Waals surface area contributed by atoms with Gasteiger partial charge < -0.3 is 14.2 Å². The average molecular weight is 849 g/mol. The quantitative estimate of drug-likeness (QED) is 0.0345. The van der Waals surface area contributed by atoms with Crippen LogP contribution in [0.1, 0.15) is 298 Å². The van der Waals surface area contributed by atoms with Gasteiger partial charge in [0, 0.05) is 19.3 Å². The number of unbranched alkanes of at least 4 members (excludes halogenated alkanes) is 32. The Morgan fingerprint density at radius 2 is 0.633 bits per heavy atom. The van der Waals surface area contributed by atoms with E-state index in [9.17, 15) is 14.4 Å². The maximum atomic E-state index is 12.8. The van der Waals surface area contributed by atoms with Crippen molar-refractivity contribution < 1.29 is 28.6 Å². The number of rotatable bonds is 48. The molecule has 0 spiro atoms. The van der Waals surface area contributed by atoms with Crippen LogP contribution >= 0.6 is 0 Å². The zero-order valence-corrected chi connectivity index (χ0v) is 41.1. The number of hydrogen-bond acceptors (Lipinski definition) is 6. The Kier molecular flexibility index (Phi) is 45.7. The fourth-order valence-corrected chi connectivity index (χ4v) is 8.13. The second kappa shape index (κ2) is 46.9. The summed E-state index contributed by atoms with van der Waals surface area (Å²) in [5.74, 6) is 0.844. The molecule has 0 N–H and O–H groups in total. The van der Waals surface area contributed by atoms with Crippen LogP contribution in [-0.4, -0.2) is 37.2 Å². The van der Waals surface area contributed by atoms with Crippen LogP contribution < -0.4 is 0 Å². The molecule has 60 heavy (non-hydrogen) atoms.